The first-order valence-electron chi connectivity index (χ1n) is 9.62. The molecule has 9 heteroatoms. The standard InChI is InChI=1S/C22H23N5O4/c23-20-19(21(30)26-18-5-7-24-8-6-18)13-17(14-25-20)15-1-3-16(4-2-15)22(31)27(9-11-28)10-12-29/h1-8,13-14,28-29H,9-12H2,(H2,23,25)(H,24,26,30). The fourth-order valence-electron chi connectivity index (χ4n) is 2.99. The fourth-order valence-corrected chi connectivity index (χ4v) is 2.99. The number of nitrogen functional groups attached to an aromatic ring is 1. The molecule has 0 saturated heterocycles. The second-order valence-electron chi connectivity index (χ2n) is 6.66. The van der Waals surface area contributed by atoms with E-state index in [0.717, 1.165) is 5.56 Å². The monoisotopic (exact) mass is 421 g/mol. The first kappa shape index (κ1) is 21.9. The molecule has 0 bridgehead atoms. The van der Waals surface area contributed by atoms with Crippen LogP contribution >= 0.6 is 0 Å². The van der Waals surface area contributed by atoms with Gasteiger partial charge < -0.3 is 26.2 Å². The zero-order chi connectivity index (χ0) is 22.2. The second kappa shape index (κ2) is 10.3. The normalized spacial score (nSPS) is 10.5. The third-order valence-electron chi connectivity index (χ3n) is 4.59. The number of aliphatic hydroxyl groups excluding tert-OH is 2. The summed E-state index contributed by atoms with van der Waals surface area (Å²) in [6.45, 7) is -0.103. The number of carbonyl (C=O) groups is 2. The van der Waals surface area contributed by atoms with E-state index >= 15 is 0 Å². The number of hydrogen-bond donors (Lipinski definition) is 4. The van der Waals surface area contributed by atoms with Crippen molar-refractivity contribution in [2.75, 3.05) is 37.4 Å². The van der Waals surface area contributed by atoms with Gasteiger partial charge in [-0.2, -0.15) is 0 Å². The number of nitrogens with one attached hydrogen (secondary N) is 1. The van der Waals surface area contributed by atoms with Crippen molar-refractivity contribution >= 4 is 23.3 Å². The summed E-state index contributed by atoms with van der Waals surface area (Å²) < 4.78 is 0. The number of hydrogen-bond acceptors (Lipinski definition) is 7. The summed E-state index contributed by atoms with van der Waals surface area (Å²) in [6.07, 6.45) is 4.69. The van der Waals surface area contributed by atoms with Gasteiger partial charge in [0.1, 0.15) is 5.82 Å². The fraction of sp³-hybridized carbons (Fsp3) is 0.182. The summed E-state index contributed by atoms with van der Waals surface area (Å²) in [5.41, 5.74) is 8.55. The SMILES string of the molecule is Nc1ncc(-c2ccc(C(=O)N(CCO)CCO)cc2)cc1C(=O)Nc1ccncc1. The van der Waals surface area contributed by atoms with Crippen molar-refractivity contribution in [3.63, 3.8) is 0 Å². The minimum absolute atomic E-state index is 0.103. The molecule has 2 amide bonds. The number of rotatable bonds is 8. The number of amides is 2. The van der Waals surface area contributed by atoms with Crippen molar-refractivity contribution in [2.45, 2.75) is 0 Å². The van der Waals surface area contributed by atoms with Crippen LogP contribution in [0.2, 0.25) is 0 Å². The van der Waals surface area contributed by atoms with Gasteiger partial charge >= 0.3 is 0 Å². The number of pyridine rings is 2. The molecule has 31 heavy (non-hydrogen) atoms. The minimum atomic E-state index is -0.395. The zero-order valence-electron chi connectivity index (χ0n) is 16.7. The van der Waals surface area contributed by atoms with E-state index in [1.54, 1.807) is 61.1 Å². The van der Waals surface area contributed by atoms with Crippen molar-refractivity contribution in [1.29, 1.82) is 0 Å². The number of nitrogens with zero attached hydrogens (tertiary/aromatic N) is 3. The van der Waals surface area contributed by atoms with Gasteiger partial charge in [0.25, 0.3) is 11.8 Å². The van der Waals surface area contributed by atoms with E-state index in [1.165, 1.54) is 4.90 Å². The van der Waals surface area contributed by atoms with Crippen molar-refractivity contribution in [2.24, 2.45) is 0 Å². The second-order valence-corrected chi connectivity index (χ2v) is 6.66. The number of aliphatic hydroxyl groups is 2. The van der Waals surface area contributed by atoms with Crippen LogP contribution in [0, 0.1) is 0 Å². The highest BCUT2D eigenvalue weighted by Gasteiger charge is 2.16. The summed E-state index contributed by atoms with van der Waals surface area (Å²) in [5.74, 6) is -0.582. The largest absolute Gasteiger partial charge is 0.395 e. The molecule has 5 N–H and O–H groups in total. The van der Waals surface area contributed by atoms with E-state index < -0.39 is 5.91 Å². The lowest BCUT2D eigenvalue weighted by Crippen LogP contribution is -2.35. The van der Waals surface area contributed by atoms with Gasteiger partial charge in [-0.25, -0.2) is 4.98 Å². The van der Waals surface area contributed by atoms with Crippen LogP contribution in [-0.2, 0) is 0 Å². The Balaban J connectivity index is 1.81. The number of nitrogens with two attached hydrogens (primary N) is 1. The Hall–Kier alpha value is -3.82. The van der Waals surface area contributed by atoms with Gasteiger partial charge in [0.05, 0.1) is 18.8 Å². The van der Waals surface area contributed by atoms with Gasteiger partial charge in [-0.15, -0.1) is 0 Å². The molecule has 0 fully saturated rings. The molecule has 0 atom stereocenters. The quantitative estimate of drug-likeness (QED) is 0.431. The van der Waals surface area contributed by atoms with E-state index in [2.05, 4.69) is 15.3 Å². The molecule has 0 unspecified atom stereocenters. The van der Waals surface area contributed by atoms with Gasteiger partial charge in [0, 0.05) is 48.5 Å². The highest BCUT2D eigenvalue weighted by molar-refractivity contribution is 6.07. The Morgan fingerprint density at radius 3 is 2.23 bits per heavy atom. The lowest BCUT2D eigenvalue weighted by Gasteiger charge is -2.20. The molecule has 9 nitrogen and oxygen atoms in total. The maximum atomic E-state index is 12.6. The molecular formula is C22H23N5O4. The van der Waals surface area contributed by atoms with Gasteiger partial charge in [0.15, 0.2) is 0 Å². The van der Waals surface area contributed by atoms with Crippen LogP contribution in [0.15, 0.2) is 61.1 Å². The summed E-state index contributed by atoms with van der Waals surface area (Å²) in [5, 5.41) is 21.0. The first-order chi connectivity index (χ1) is 15.0. The smallest absolute Gasteiger partial charge is 0.259 e. The zero-order valence-corrected chi connectivity index (χ0v) is 16.7. The molecule has 0 aliphatic rings. The maximum Gasteiger partial charge on any atom is 0.259 e. The van der Waals surface area contributed by atoms with Crippen molar-refractivity contribution in [3.05, 3.63) is 72.2 Å². The maximum absolute atomic E-state index is 12.6. The Morgan fingerprint density at radius 1 is 0.968 bits per heavy atom. The van der Waals surface area contributed by atoms with E-state index in [9.17, 15) is 9.59 Å². The average molecular weight is 421 g/mol. The molecule has 1 aromatic carbocycles. The third kappa shape index (κ3) is 5.41. The molecule has 3 aromatic rings. The molecule has 3 rings (SSSR count). The Bertz CT molecular complexity index is 1040. The molecule has 2 heterocycles. The third-order valence-corrected chi connectivity index (χ3v) is 4.59. The number of anilines is 2. The molecule has 0 saturated carbocycles. The van der Waals surface area contributed by atoms with Crippen LogP contribution in [0.3, 0.4) is 0 Å². The van der Waals surface area contributed by atoms with E-state index in [1.807, 2.05) is 0 Å². The van der Waals surface area contributed by atoms with Crippen LogP contribution in [-0.4, -0.2) is 63.2 Å². The lowest BCUT2D eigenvalue weighted by molar-refractivity contribution is 0.0684. The Kier molecular flexibility index (Phi) is 7.26. The van der Waals surface area contributed by atoms with Crippen LogP contribution in [0.4, 0.5) is 11.5 Å². The molecule has 2 aromatic heterocycles. The topological polar surface area (TPSA) is 142 Å². The summed E-state index contributed by atoms with van der Waals surface area (Å²) in [6, 6.07) is 11.7. The minimum Gasteiger partial charge on any atom is -0.395 e. The van der Waals surface area contributed by atoms with Crippen molar-refractivity contribution in [1.82, 2.24) is 14.9 Å². The van der Waals surface area contributed by atoms with E-state index in [-0.39, 0.29) is 43.6 Å². The Morgan fingerprint density at radius 2 is 1.61 bits per heavy atom. The van der Waals surface area contributed by atoms with Crippen LogP contribution in [0.25, 0.3) is 11.1 Å². The molecule has 0 radical (unpaired) electrons. The number of carbonyl (C=O) groups excluding carboxylic acids is 2. The van der Waals surface area contributed by atoms with E-state index in [0.29, 0.717) is 16.8 Å². The van der Waals surface area contributed by atoms with Gasteiger partial charge in [0.2, 0.25) is 0 Å². The summed E-state index contributed by atoms with van der Waals surface area (Å²) in [7, 11) is 0. The predicted molar refractivity (Wildman–Crippen MR) is 116 cm³/mol. The van der Waals surface area contributed by atoms with E-state index in [4.69, 9.17) is 15.9 Å². The highest BCUT2D eigenvalue weighted by atomic mass is 16.3. The van der Waals surface area contributed by atoms with Crippen LogP contribution in [0.1, 0.15) is 20.7 Å². The Labute approximate surface area is 179 Å². The van der Waals surface area contributed by atoms with Crippen LogP contribution in [0.5, 0.6) is 0 Å². The molecule has 0 spiro atoms. The summed E-state index contributed by atoms with van der Waals surface area (Å²) >= 11 is 0. The molecule has 160 valence electrons. The molecule has 0 aliphatic heterocycles. The predicted octanol–water partition coefficient (Wildman–Crippen LogP) is 1.40. The van der Waals surface area contributed by atoms with Gasteiger partial charge in [-0.05, 0) is 35.9 Å². The van der Waals surface area contributed by atoms with Gasteiger partial charge in [-0.1, -0.05) is 12.1 Å². The summed E-state index contributed by atoms with van der Waals surface area (Å²) in [4.78, 5) is 34.6. The lowest BCUT2D eigenvalue weighted by atomic mass is 10.0. The first-order valence-corrected chi connectivity index (χ1v) is 9.62. The van der Waals surface area contributed by atoms with Gasteiger partial charge in [-0.3, -0.25) is 14.6 Å². The van der Waals surface area contributed by atoms with Crippen LogP contribution < -0.4 is 11.1 Å². The molecule has 0 aliphatic carbocycles. The van der Waals surface area contributed by atoms with Crippen molar-refractivity contribution in [3.8, 4) is 11.1 Å². The molecular weight excluding hydrogens is 398 g/mol. The average Bonchev–Trinajstić information content (AvgIpc) is 2.79. The highest BCUT2D eigenvalue weighted by Crippen LogP contribution is 2.23. The van der Waals surface area contributed by atoms with Crippen molar-refractivity contribution < 1.29 is 19.8 Å². The number of benzene rings is 1. The number of aromatic nitrogens is 2.